The molecule has 2 aromatic rings. The van der Waals surface area contributed by atoms with Gasteiger partial charge in [-0.2, -0.15) is 13.2 Å². The van der Waals surface area contributed by atoms with Gasteiger partial charge in [-0.25, -0.2) is 12.8 Å². The van der Waals surface area contributed by atoms with Crippen molar-refractivity contribution in [3.8, 4) is 5.75 Å². The van der Waals surface area contributed by atoms with Crippen molar-refractivity contribution >= 4 is 21.4 Å². The van der Waals surface area contributed by atoms with Crippen molar-refractivity contribution in [2.75, 3.05) is 31.9 Å². The van der Waals surface area contributed by atoms with E-state index in [0.29, 0.717) is 17.8 Å². The molecule has 0 radical (unpaired) electrons. The van der Waals surface area contributed by atoms with E-state index in [-0.39, 0.29) is 11.6 Å². The number of ether oxygens (including phenoxy) is 1. The number of sulfone groups is 1. The second kappa shape index (κ2) is 11.0. The molecule has 0 heterocycles. The standard InChI is InChI=1S/C13H17F3N2O2S.C7H7FO/c1-10(17-2)18(11-7-5-4-6-8-11)9-12(13(14,15)16)21(3,19)20;1-9-7-5-3-2-4-6(7)8/h4-8,12H,9H2,1-3H3;2-5H,1H3. The molecule has 30 heavy (non-hydrogen) atoms. The third-order valence-electron chi connectivity index (χ3n) is 4.07. The zero-order chi connectivity index (χ0) is 22.9. The molecule has 0 aliphatic rings. The Balaban J connectivity index is 0.000000414. The Morgan fingerprint density at radius 1 is 1.10 bits per heavy atom. The van der Waals surface area contributed by atoms with Gasteiger partial charge in [-0.15, -0.1) is 0 Å². The van der Waals surface area contributed by atoms with Gasteiger partial charge in [-0.3, -0.25) is 4.99 Å². The van der Waals surface area contributed by atoms with E-state index in [0.717, 1.165) is 0 Å². The van der Waals surface area contributed by atoms with E-state index in [1.165, 1.54) is 32.0 Å². The Kier molecular flexibility index (Phi) is 9.28. The van der Waals surface area contributed by atoms with Crippen molar-refractivity contribution in [2.24, 2.45) is 4.99 Å². The molecule has 0 N–H and O–H groups in total. The highest BCUT2D eigenvalue weighted by atomic mass is 32.2. The molecule has 0 fully saturated rings. The summed E-state index contributed by atoms with van der Waals surface area (Å²) in [7, 11) is -1.41. The highest BCUT2D eigenvalue weighted by Crippen LogP contribution is 2.28. The average molecular weight is 448 g/mol. The van der Waals surface area contributed by atoms with Crippen LogP contribution in [0.5, 0.6) is 5.75 Å². The SMILES string of the molecule is CN=C(C)N(CC(C(F)(F)F)S(C)(=O)=O)c1ccccc1.COc1ccccc1F. The van der Waals surface area contributed by atoms with Crippen molar-refractivity contribution in [2.45, 2.75) is 18.3 Å². The number of benzene rings is 2. The van der Waals surface area contributed by atoms with Crippen LogP contribution in [0.15, 0.2) is 59.6 Å². The number of halogens is 4. The van der Waals surface area contributed by atoms with Gasteiger partial charge in [0, 0.05) is 25.5 Å². The fraction of sp³-hybridized carbons (Fsp3) is 0.350. The molecule has 1 atom stereocenters. The van der Waals surface area contributed by atoms with Gasteiger partial charge in [-0.1, -0.05) is 30.3 Å². The first kappa shape index (κ1) is 25.4. The molecule has 0 saturated heterocycles. The summed E-state index contributed by atoms with van der Waals surface area (Å²) in [6.45, 7) is 0.804. The second-order valence-electron chi connectivity index (χ2n) is 6.21. The van der Waals surface area contributed by atoms with Crippen LogP contribution in [0.4, 0.5) is 23.2 Å². The summed E-state index contributed by atoms with van der Waals surface area (Å²) in [6, 6.07) is 14.5. The lowest BCUT2D eigenvalue weighted by atomic mass is 10.2. The lowest BCUT2D eigenvalue weighted by Gasteiger charge is -2.29. The number of hydrogen-bond donors (Lipinski definition) is 0. The van der Waals surface area contributed by atoms with Gasteiger partial charge in [-0.05, 0) is 31.2 Å². The molecule has 0 bridgehead atoms. The molecule has 0 aliphatic heterocycles. The van der Waals surface area contributed by atoms with Crippen molar-refractivity contribution < 1.29 is 30.7 Å². The number of nitrogens with zero attached hydrogens (tertiary/aromatic N) is 2. The number of hydrogen-bond acceptors (Lipinski definition) is 4. The van der Waals surface area contributed by atoms with Crippen LogP contribution < -0.4 is 9.64 Å². The zero-order valence-corrected chi connectivity index (χ0v) is 17.8. The number of para-hydroxylation sites is 2. The minimum absolute atomic E-state index is 0.289. The molecular weight excluding hydrogens is 424 g/mol. The summed E-state index contributed by atoms with van der Waals surface area (Å²) in [6.07, 6.45) is -4.25. The van der Waals surface area contributed by atoms with Crippen LogP contribution in [0.2, 0.25) is 0 Å². The highest BCUT2D eigenvalue weighted by molar-refractivity contribution is 7.91. The number of amidine groups is 1. The van der Waals surface area contributed by atoms with Crippen LogP contribution in [0.25, 0.3) is 0 Å². The maximum atomic E-state index is 13.0. The van der Waals surface area contributed by atoms with Gasteiger partial charge in [0.2, 0.25) is 0 Å². The first-order valence-electron chi connectivity index (χ1n) is 8.71. The minimum atomic E-state index is -4.84. The molecule has 0 amide bonds. The number of rotatable bonds is 5. The normalized spacial score (nSPS) is 13.1. The largest absolute Gasteiger partial charge is 0.494 e. The number of methoxy groups -OCH3 is 1. The zero-order valence-electron chi connectivity index (χ0n) is 17.0. The summed E-state index contributed by atoms with van der Waals surface area (Å²) in [4.78, 5) is 5.11. The molecule has 166 valence electrons. The van der Waals surface area contributed by atoms with E-state index in [9.17, 15) is 26.0 Å². The third kappa shape index (κ3) is 7.66. The monoisotopic (exact) mass is 448 g/mol. The van der Waals surface area contributed by atoms with E-state index in [2.05, 4.69) is 9.73 Å². The fourth-order valence-electron chi connectivity index (χ4n) is 2.41. The molecule has 0 spiro atoms. The summed E-state index contributed by atoms with van der Waals surface area (Å²) in [5.41, 5.74) is 0.457. The highest BCUT2D eigenvalue weighted by Gasteiger charge is 2.47. The maximum Gasteiger partial charge on any atom is 0.407 e. The van der Waals surface area contributed by atoms with Gasteiger partial charge in [0.25, 0.3) is 0 Å². The quantitative estimate of drug-likeness (QED) is 0.388. The Morgan fingerprint density at radius 2 is 1.63 bits per heavy atom. The summed E-state index contributed by atoms with van der Waals surface area (Å²) in [5, 5.41) is -2.47. The van der Waals surface area contributed by atoms with Crippen LogP contribution >= 0.6 is 0 Å². The van der Waals surface area contributed by atoms with Crippen molar-refractivity contribution in [3.63, 3.8) is 0 Å². The number of anilines is 1. The van der Waals surface area contributed by atoms with Crippen LogP contribution in [-0.2, 0) is 9.84 Å². The van der Waals surface area contributed by atoms with Crippen LogP contribution in [0.3, 0.4) is 0 Å². The first-order chi connectivity index (χ1) is 13.9. The maximum absolute atomic E-state index is 13.0. The van der Waals surface area contributed by atoms with Gasteiger partial charge in [0.15, 0.2) is 26.7 Å². The second-order valence-corrected chi connectivity index (χ2v) is 8.44. The van der Waals surface area contributed by atoms with Crippen molar-refractivity contribution in [1.29, 1.82) is 0 Å². The molecule has 0 aliphatic carbocycles. The summed E-state index contributed by atoms with van der Waals surface area (Å²) >= 11 is 0. The third-order valence-corrected chi connectivity index (χ3v) is 5.52. The molecule has 2 rings (SSSR count). The smallest absolute Gasteiger partial charge is 0.407 e. The van der Waals surface area contributed by atoms with E-state index < -0.39 is 27.8 Å². The number of alkyl halides is 3. The van der Waals surface area contributed by atoms with Crippen molar-refractivity contribution in [3.05, 3.63) is 60.4 Å². The van der Waals surface area contributed by atoms with Gasteiger partial charge < -0.3 is 9.64 Å². The Bertz CT molecular complexity index is 933. The van der Waals surface area contributed by atoms with Crippen LogP contribution in [0.1, 0.15) is 6.92 Å². The predicted molar refractivity (Wildman–Crippen MR) is 110 cm³/mol. The van der Waals surface area contributed by atoms with Crippen LogP contribution in [-0.4, -0.2) is 52.6 Å². The molecule has 5 nitrogen and oxygen atoms in total. The van der Waals surface area contributed by atoms with E-state index in [1.54, 1.807) is 48.5 Å². The molecular formula is C20H24F4N2O3S. The Morgan fingerprint density at radius 3 is 2.03 bits per heavy atom. The number of aliphatic imine (C=N–C) groups is 1. The molecule has 1 unspecified atom stereocenters. The summed E-state index contributed by atoms with van der Waals surface area (Å²) < 4.78 is 79.1. The van der Waals surface area contributed by atoms with E-state index in [1.807, 2.05) is 0 Å². The summed E-state index contributed by atoms with van der Waals surface area (Å²) in [5.74, 6) is 0.275. The average Bonchev–Trinajstić information content (AvgIpc) is 2.67. The topological polar surface area (TPSA) is 59.0 Å². The Labute approximate surface area is 173 Å². The van der Waals surface area contributed by atoms with Crippen LogP contribution in [0, 0.1) is 5.82 Å². The lowest BCUT2D eigenvalue weighted by Crippen LogP contribution is -2.47. The molecule has 2 aromatic carbocycles. The fourth-order valence-corrected chi connectivity index (χ4v) is 3.32. The minimum Gasteiger partial charge on any atom is -0.494 e. The van der Waals surface area contributed by atoms with Gasteiger partial charge >= 0.3 is 6.18 Å². The lowest BCUT2D eigenvalue weighted by molar-refractivity contribution is -0.128. The van der Waals surface area contributed by atoms with E-state index >= 15 is 0 Å². The van der Waals surface area contributed by atoms with Gasteiger partial charge in [0.1, 0.15) is 0 Å². The predicted octanol–water partition coefficient (Wildman–Crippen LogP) is 4.35. The molecule has 0 aromatic heterocycles. The van der Waals surface area contributed by atoms with Gasteiger partial charge in [0.05, 0.1) is 12.9 Å². The molecule has 0 saturated carbocycles. The Hall–Kier alpha value is -2.62. The van der Waals surface area contributed by atoms with E-state index in [4.69, 9.17) is 0 Å². The van der Waals surface area contributed by atoms with Crippen molar-refractivity contribution in [1.82, 2.24) is 0 Å². The first-order valence-corrected chi connectivity index (χ1v) is 10.7. The molecule has 10 heteroatoms.